The van der Waals surface area contributed by atoms with Crippen LogP contribution in [0.3, 0.4) is 0 Å². The van der Waals surface area contributed by atoms with Crippen molar-refractivity contribution in [3.8, 4) is 0 Å². The standard InChI is InChI=1S/C14H19N3O6/c1-4-7-9-10(14(18)19)8-11(16(20)21)13(12(9)17(22)23)15(5-2)6-3/h8H,4-7H2,1-3H3,(H,18,19). The maximum Gasteiger partial charge on any atom is 0.336 e. The maximum absolute atomic E-state index is 11.6. The number of nitro groups is 2. The number of aromatic carboxylic acids is 1. The van der Waals surface area contributed by atoms with Crippen molar-refractivity contribution in [1.29, 1.82) is 0 Å². The molecule has 0 heterocycles. The highest BCUT2D eigenvalue weighted by atomic mass is 16.6. The summed E-state index contributed by atoms with van der Waals surface area (Å²) in [4.78, 5) is 34.3. The molecule has 9 nitrogen and oxygen atoms in total. The van der Waals surface area contributed by atoms with Gasteiger partial charge in [-0.05, 0) is 20.3 Å². The van der Waals surface area contributed by atoms with Gasteiger partial charge in [-0.1, -0.05) is 13.3 Å². The van der Waals surface area contributed by atoms with E-state index in [-0.39, 0.29) is 23.2 Å². The molecule has 1 aromatic rings. The second kappa shape index (κ2) is 7.52. The highest BCUT2D eigenvalue weighted by Crippen LogP contribution is 2.42. The van der Waals surface area contributed by atoms with E-state index in [9.17, 15) is 30.1 Å². The third-order valence-corrected chi connectivity index (χ3v) is 3.55. The van der Waals surface area contributed by atoms with Gasteiger partial charge in [0.1, 0.15) is 0 Å². The number of benzene rings is 1. The average Bonchev–Trinajstić information content (AvgIpc) is 2.47. The predicted octanol–water partition coefficient (Wildman–Crippen LogP) is 3.00. The molecule has 1 aromatic carbocycles. The summed E-state index contributed by atoms with van der Waals surface area (Å²) in [6.45, 7) is 5.86. The maximum atomic E-state index is 11.6. The van der Waals surface area contributed by atoms with Gasteiger partial charge in [0.25, 0.3) is 0 Å². The minimum absolute atomic E-state index is 0.0255. The number of anilines is 1. The van der Waals surface area contributed by atoms with E-state index in [0.717, 1.165) is 6.07 Å². The Balaban J connectivity index is 3.96. The van der Waals surface area contributed by atoms with Gasteiger partial charge >= 0.3 is 17.3 Å². The monoisotopic (exact) mass is 325 g/mol. The first-order valence-electron chi connectivity index (χ1n) is 7.26. The van der Waals surface area contributed by atoms with Crippen molar-refractivity contribution in [2.75, 3.05) is 18.0 Å². The first-order valence-corrected chi connectivity index (χ1v) is 7.26. The van der Waals surface area contributed by atoms with E-state index in [1.54, 1.807) is 20.8 Å². The highest BCUT2D eigenvalue weighted by molar-refractivity contribution is 5.95. The summed E-state index contributed by atoms with van der Waals surface area (Å²) in [6, 6.07) is 0.925. The molecule has 0 unspecified atom stereocenters. The zero-order valence-corrected chi connectivity index (χ0v) is 13.2. The van der Waals surface area contributed by atoms with Crippen LogP contribution < -0.4 is 4.90 Å². The van der Waals surface area contributed by atoms with Gasteiger partial charge < -0.3 is 10.0 Å². The fourth-order valence-electron chi connectivity index (χ4n) is 2.57. The van der Waals surface area contributed by atoms with Crippen molar-refractivity contribution >= 4 is 23.0 Å². The number of rotatable bonds is 8. The molecule has 1 N–H and O–H groups in total. The molecule has 0 aliphatic carbocycles. The fourth-order valence-corrected chi connectivity index (χ4v) is 2.57. The number of nitro benzene ring substituents is 2. The third kappa shape index (κ3) is 3.55. The van der Waals surface area contributed by atoms with E-state index in [2.05, 4.69) is 0 Å². The molecule has 0 aliphatic rings. The molecule has 0 aromatic heterocycles. The topological polar surface area (TPSA) is 127 Å². The van der Waals surface area contributed by atoms with Gasteiger partial charge in [-0.25, -0.2) is 4.79 Å². The van der Waals surface area contributed by atoms with Crippen LogP contribution in [0, 0.1) is 20.2 Å². The van der Waals surface area contributed by atoms with Gasteiger partial charge in [-0.2, -0.15) is 0 Å². The van der Waals surface area contributed by atoms with E-state index < -0.39 is 27.2 Å². The molecule has 0 saturated carbocycles. The van der Waals surface area contributed by atoms with Crippen molar-refractivity contribution < 1.29 is 19.7 Å². The first-order chi connectivity index (χ1) is 10.8. The molecule has 9 heteroatoms. The summed E-state index contributed by atoms with van der Waals surface area (Å²) < 4.78 is 0. The Morgan fingerprint density at radius 3 is 2.09 bits per heavy atom. The summed E-state index contributed by atoms with van der Waals surface area (Å²) in [5, 5.41) is 32.2. The molecule has 0 fully saturated rings. The Hall–Kier alpha value is -2.71. The third-order valence-electron chi connectivity index (χ3n) is 3.55. The molecule has 0 radical (unpaired) electrons. The molecular weight excluding hydrogens is 306 g/mol. The summed E-state index contributed by atoms with van der Waals surface area (Å²) in [5.74, 6) is -1.41. The lowest BCUT2D eigenvalue weighted by Gasteiger charge is -2.22. The summed E-state index contributed by atoms with van der Waals surface area (Å²) in [6.07, 6.45) is 0.640. The van der Waals surface area contributed by atoms with Crippen LogP contribution in [0.5, 0.6) is 0 Å². The van der Waals surface area contributed by atoms with Crippen LogP contribution >= 0.6 is 0 Å². The minimum Gasteiger partial charge on any atom is -0.478 e. The quantitative estimate of drug-likeness (QED) is 0.574. The summed E-state index contributed by atoms with van der Waals surface area (Å²) in [7, 11) is 0. The van der Waals surface area contributed by atoms with E-state index in [4.69, 9.17) is 0 Å². The van der Waals surface area contributed by atoms with Crippen LogP contribution in [0.15, 0.2) is 6.07 Å². The first kappa shape index (κ1) is 18.3. The number of carbonyl (C=O) groups is 1. The minimum atomic E-state index is -1.41. The van der Waals surface area contributed by atoms with Crippen LogP contribution in [0.2, 0.25) is 0 Å². The van der Waals surface area contributed by atoms with Gasteiger partial charge in [0.15, 0.2) is 5.69 Å². The number of hydrogen-bond acceptors (Lipinski definition) is 6. The Bertz CT molecular complexity index is 640. The number of hydrogen-bond donors (Lipinski definition) is 1. The number of carboxylic acid groups (broad SMARTS) is 1. The van der Waals surface area contributed by atoms with Crippen LogP contribution in [-0.2, 0) is 6.42 Å². The SMILES string of the molecule is CCCc1c(C(=O)O)cc([N+](=O)[O-])c(N(CC)CC)c1[N+](=O)[O-]. The van der Waals surface area contributed by atoms with Crippen molar-refractivity contribution in [2.24, 2.45) is 0 Å². The largest absolute Gasteiger partial charge is 0.478 e. The van der Waals surface area contributed by atoms with E-state index in [1.165, 1.54) is 4.90 Å². The Labute approximate surface area is 132 Å². The van der Waals surface area contributed by atoms with Crippen LogP contribution in [0.4, 0.5) is 17.1 Å². The van der Waals surface area contributed by atoms with Crippen molar-refractivity contribution in [2.45, 2.75) is 33.6 Å². The molecule has 126 valence electrons. The van der Waals surface area contributed by atoms with E-state index in [0.29, 0.717) is 19.5 Å². The molecule has 0 amide bonds. The summed E-state index contributed by atoms with van der Waals surface area (Å²) in [5.41, 5.74) is -1.53. The fraction of sp³-hybridized carbons (Fsp3) is 0.500. The summed E-state index contributed by atoms with van der Waals surface area (Å²) >= 11 is 0. The van der Waals surface area contributed by atoms with Crippen LogP contribution in [0.1, 0.15) is 43.1 Å². The van der Waals surface area contributed by atoms with Gasteiger partial charge in [0.05, 0.1) is 15.4 Å². The zero-order valence-electron chi connectivity index (χ0n) is 13.2. The Kier molecular flexibility index (Phi) is 6.00. The van der Waals surface area contributed by atoms with Crippen LogP contribution in [-0.4, -0.2) is 34.0 Å². The van der Waals surface area contributed by atoms with E-state index in [1.807, 2.05) is 0 Å². The zero-order chi connectivity index (χ0) is 17.7. The second-order valence-corrected chi connectivity index (χ2v) is 4.86. The highest BCUT2D eigenvalue weighted by Gasteiger charge is 2.35. The molecule has 0 aliphatic heterocycles. The molecular formula is C14H19N3O6. The molecule has 23 heavy (non-hydrogen) atoms. The predicted molar refractivity (Wildman–Crippen MR) is 84.3 cm³/mol. The van der Waals surface area contributed by atoms with Crippen molar-refractivity contribution in [3.63, 3.8) is 0 Å². The number of carboxylic acids is 1. The Morgan fingerprint density at radius 1 is 1.17 bits per heavy atom. The van der Waals surface area contributed by atoms with Gasteiger partial charge in [-0.3, -0.25) is 20.2 Å². The van der Waals surface area contributed by atoms with Crippen molar-refractivity contribution in [3.05, 3.63) is 37.4 Å². The lowest BCUT2D eigenvalue weighted by molar-refractivity contribution is -0.393. The van der Waals surface area contributed by atoms with Crippen molar-refractivity contribution in [1.82, 2.24) is 0 Å². The lowest BCUT2D eigenvalue weighted by atomic mass is 9.97. The number of nitrogens with zero attached hydrogens (tertiary/aromatic N) is 3. The van der Waals surface area contributed by atoms with Gasteiger partial charge in [0, 0.05) is 24.7 Å². The average molecular weight is 325 g/mol. The molecule has 1 rings (SSSR count). The van der Waals surface area contributed by atoms with Gasteiger partial charge in [-0.15, -0.1) is 0 Å². The normalized spacial score (nSPS) is 10.4. The molecule has 0 atom stereocenters. The molecule has 0 saturated heterocycles. The van der Waals surface area contributed by atoms with Crippen LogP contribution in [0.25, 0.3) is 0 Å². The smallest absolute Gasteiger partial charge is 0.336 e. The molecule has 0 bridgehead atoms. The molecule has 0 spiro atoms. The van der Waals surface area contributed by atoms with E-state index >= 15 is 0 Å². The Morgan fingerprint density at radius 2 is 1.74 bits per heavy atom. The lowest BCUT2D eigenvalue weighted by Crippen LogP contribution is -2.25. The second-order valence-electron chi connectivity index (χ2n) is 4.86. The van der Waals surface area contributed by atoms with Gasteiger partial charge in [0.2, 0.25) is 0 Å².